The minimum atomic E-state index is -0.313. The summed E-state index contributed by atoms with van der Waals surface area (Å²) in [5.41, 5.74) is 1.38. The quantitative estimate of drug-likeness (QED) is 0.769. The van der Waals surface area contributed by atoms with E-state index in [9.17, 15) is 9.18 Å². The van der Waals surface area contributed by atoms with Crippen LogP contribution in [0.15, 0.2) is 16.6 Å². The van der Waals surface area contributed by atoms with E-state index in [1.54, 1.807) is 11.0 Å². The zero-order valence-electron chi connectivity index (χ0n) is 8.55. The molecule has 0 aliphatic carbocycles. The van der Waals surface area contributed by atoms with Gasteiger partial charge in [0, 0.05) is 18.2 Å². The van der Waals surface area contributed by atoms with Gasteiger partial charge in [-0.2, -0.15) is 0 Å². The Labute approximate surface area is 96.2 Å². The van der Waals surface area contributed by atoms with Gasteiger partial charge < -0.3 is 4.90 Å². The highest BCUT2D eigenvalue weighted by Crippen LogP contribution is 2.29. The van der Waals surface area contributed by atoms with E-state index < -0.39 is 0 Å². The van der Waals surface area contributed by atoms with E-state index in [0.29, 0.717) is 16.6 Å². The van der Waals surface area contributed by atoms with Gasteiger partial charge in [0.25, 0.3) is 5.91 Å². The van der Waals surface area contributed by atoms with Crippen molar-refractivity contribution < 1.29 is 9.18 Å². The molecule has 2 nitrogen and oxygen atoms in total. The second-order valence-electron chi connectivity index (χ2n) is 3.95. The lowest BCUT2D eigenvalue weighted by Crippen LogP contribution is -2.30. The molecule has 0 aromatic heterocycles. The maximum Gasteiger partial charge on any atom is 0.254 e. The van der Waals surface area contributed by atoms with Crippen LogP contribution in [0.1, 0.15) is 29.8 Å². The fourth-order valence-electron chi connectivity index (χ4n) is 1.75. The van der Waals surface area contributed by atoms with E-state index in [1.165, 1.54) is 6.07 Å². The minimum Gasteiger partial charge on any atom is -0.332 e. The normalized spacial score (nSPS) is 15.0. The second-order valence-corrected chi connectivity index (χ2v) is 4.80. The predicted octanol–water partition coefficient (Wildman–Crippen LogP) is 2.95. The lowest BCUT2D eigenvalue weighted by molar-refractivity contribution is 0.0730. The summed E-state index contributed by atoms with van der Waals surface area (Å²) in [6, 6.07) is 3.14. The van der Waals surface area contributed by atoms with Gasteiger partial charge in [0.1, 0.15) is 5.82 Å². The maximum atomic E-state index is 13.3. The first-order valence-electron chi connectivity index (χ1n) is 4.79. The number of benzene rings is 1. The summed E-state index contributed by atoms with van der Waals surface area (Å²) in [7, 11) is 0. The van der Waals surface area contributed by atoms with E-state index in [1.807, 2.05) is 13.8 Å². The average molecular weight is 272 g/mol. The highest BCUT2D eigenvalue weighted by molar-refractivity contribution is 9.10. The van der Waals surface area contributed by atoms with Crippen molar-refractivity contribution in [2.75, 3.05) is 0 Å². The van der Waals surface area contributed by atoms with Gasteiger partial charge in [-0.1, -0.05) is 0 Å². The summed E-state index contributed by atoms with van der Waals surface area (Å²) in [6.45, 7) is 4.42. The van der Waals surface area contributed by atoms with Crippen molar-refractivity contribution in [2.24, 2.45) is 0 Å². The molecule has 0 radical (unpaired) electrons. The van der Waals surface area contributed by atoms with Crippen LogP contribution in [0.25, 0.3) is 0 Å². The molecule has 1 amide bonds. The molecular weight excluding hydrogens is 261 g/mol. The highest BCUT2D eigenvalue weighted by Gasteiger charge is 2.29. The standard InChI is InChI=1S/C11H11BrFNO/c1-6(2)14-5-7-3-10(13)9(12)4-8(7)11(14)15/h3-4,6H,5H2,1-2H3. The SMILES string of the molecule is CC(C)N1Cc2cc(F)c(Br)cc2C1=O. The van der Waals surface area contributed by atoms with E-state index in [2.05, 4.69) is 15.9 Å². The van der Waals surface area contributed by atoms with Gasteiger partial charge in [0.15, 0.2) is 0 Å². The van der Waals surface area contributed by atoms with Gasteiger partial charge in [-0.15, -0.1) is 0 Å². The number of hydrogen-bond donors (Lipinski definition) is 0. The van der Waals surface area contributed by atoms with Crippen LogP contribution in [-0.4, -0.2) is 16.8 Å². The van der Waals surface area contributed by atoms with Gasteiger partial charge in [-0.3, -0.25) is 4.79 Å². The number of rotatable bonds is 1. The Morgan fingerprint density at radius 1 is 1.47 bits per heavy atom. The van der Waals surface area contributed by atoms with Crippen molar-refractivity contribution in [3.8, 4) is 0 Å². The number of amides is 1. The van der Waals surface area contributed by atoms with E-state index in [4.69, 9.17) is 0 Å². The third kappa shape index (κ3) is 1.67. The molecule has 1 aliphatic heterocycles. The Morgan fingerprint density at radius 2 is 2.13 bits per heavy atom. The largest absolute Gasteiger partial charge is 0.332 e. The predicted molar refractivity (Wildman–Crippen MR) is 59.1 cm³/mol. The van der Waals surface area contributed by atoms with E-state index >= 15 is 0 Å². The smallest absolute Gasteiger partial charge is 0.254 e. The van der Waals surface area contributed by atoms with Crippen molar-refractivity contribution in [1.29, 1.82) is 0 Å². The summed E-state index contributed by atoms with van der Waals surface area (Å²) in [5, 5.41) is 0. The molecular formula is C11H11BrFNO. The molecule has 15 heavy (non-hydrogen) atoms. The molecule has 0 saturated carbocycles. The van der Waals surface area contributed by atoms with Crippen molar-refractivity contribution in [3.63, 3.8) is 0 Å². The molecule has 0 bridgehead atoms. The van der Waals surface area contributed by atoms with Crippen molar-refractivity contribution >= 4 is 21.8 Å². The molecule has 1 aromatic rings. The first-order chi connectivity index (χ1) is 7.00. The number of carbonyl (C=O) groups is 1. The Morgan fingerprint density at radius 3 is 2.73 bits per heavy atom. The van der Waals surface area contributed by atoms with Crippen LogP contribution >= 0.6 is 15.9 Å². The monoisotopic (exact) mass is 271 g/mol. The average Bonchev–Trinajstić information content (AvgIpc) is 2.46. The Balaban J connectivity index is 2.46. The van der Waals surface area contributed by atoms with Crippen LogP contribution in [0.5, 0.6) is 0 Å². The Hall–Kier alpha value is -0.900. The number of fused-ring (bicyclic) bond motifs is 1. The summed E-state index contributed by atoms with van der Waals surface area (Å²) in [5.74, 6) is -0.326. The van der Waals surface area contributed by atoms with Crippen LogP contribution in [0, 0.1) is 5.82 Å². The van der Waals surface area contributed by atoms with Gasteiger partial charge in [0.05, 0.1) is 4.47 Å². The molecule has 2 rings (SSSR count). The molecule has 0 fully saturated rings. The second kappa shape index (κ2) is 3.59. The lowest BCUT2D eigenvalue weighted by atomic mass is 10.1. The zero-order valence-corrected chi connectivity index (χ0v) is 10.1. The van der Waals surface area contributed by atoms with Gasteiger partial charge in [0.2, 0.25) is 0 Å². The fourth-order valence-corrected chi connectivity index (χ4v) is 2.09. The van der Waals surface area contributed by atoms with Gasteiger partial charge in [-0.05, 0) is 47.5 Å². The molecule has 1 aliphatic rings. The summed E-state index contributed by atoms with van der Waals surface area (Å²) < 4.78 is 13.6. The number of hydrogen-bond acceptors (Lipinski definition) is 1. The van der Waals surface area contributed by atoms with Crippen LogP contribution in [0.4, 0.5) is 4.39 Å². The summed E-state index contributed by atoms with van der Waals surface area (Å²) in [4.78, 5) is 13.6. The van der Waals surface area contributed by atoms with E-state index in [0.717, 1.165) is 5.56 Å². The summed E-state index contributed by atoms with van der Waals surface area (Å²) >= 11 is 3.09. The molecule has 0 spiro atoms. The molecule has 4 heteroatoms. The molecule has 1 aromatic carbocycles. The number of halogens is 2. The zero-order chi connectivity index (χ0) is 11.2. The molecule has 1 heterocycles. The molecule has 80 valence electrons. The number of nitrogens with zero attached hydrogens (tertiary/aromatic N) is 1. The Kier molecular flexibility index (Phi) is 2.54. The first kappa shape index (κ1) is 10.6. The molecule has 0 N–H and O–H groups in total. The topological polar surface area (TPSA) is 20.3 Å². The van der Waals surface area contributed by atoms with Crippen molar-refractivity contribution in [1.82, 2.24) is 4.90 Å². The van der Waals surface area contributed by atoms with Crippen molar-refractivity contribution in [3.05, 3.63) is 33.5 Å². The maximum absolute atomic E-state index is 13.3. The molecule has 0 saturated heterocycles. The molecule has 0 atom stereocenters. The van der Waals surface area contributed by atoms with Gasteiger partial charge >= 0.3 is 0 Å². The van der Waals surface area contributed by atoms with Crippen LogP contribution in [-0.2, 0) is 6.54 Å². The fraction of sp³-hybridized carbons (Fsp3) is 0.364. The van der Waals surface area contributed by atoms with Crippen LogP contribution < -0.4 is 0 Å². The van der Waals surface area contributed by atoms with Crippen LogP contribution in [0.2, 0.25) is 0 Å². The highest BCUT2D eigenvalue weighted by atomic mass is 79.9. The Bertz CT molecular complexity index is 431. The molecule has 0 unspecified atom stereocenters. The van der Waals surface area contributed by atoms with Crippen molar-refractivity contribution in [2.45, 2.75) is 26.4 Å². The lowest BCUT2D eigenvalue weighted by Gasteiger charge is -2.19. The first-order valence-corrected chi connectivity index (χ1v) is 5.59. The summed E-state index contributed by atoms with van der Waals surface area (Å²) in [6.07, 6.45) is 0. The van der Waals surface area contributed by atoms with Crippen LogP contribution in [0.3, 0.4) is 0 Å². The third-order valence-corrected chi connectivity index (χ3v) is 3.21. The third-order valence-electron chi connectivity index (χ3n) is 2.60. The van der Waals surface area contributed by atoms with Gasteiger partial charge in [-0.25, -0.2) is 4.39 Å². The minimum absolute atomic E-state index is 0.0132. The van der Waals surface area contributed by atoms with E-state index in [-0.39, 0.29) is 17.8 Å². The number of carbonyl (C=O) groups excluding carboxylic acids is 1.